The van der Waals surface area contributed by atoms with Crippen molar-refractivity contribution < 1.29 is 14.3 Å². The molecule has 0 unspecified atom stereocenters. The molecule has 0 aliphatic carbocycles. The Morgan fingerprint density at radius 2 is 1.65 bits per heavy atom. The van der Waals surface area contributed by atoms with Crippen LogP contribution in [-0.2, 0) is 4.79 Å². The highest BCUT2D eigenvalue weighted by Gasteiger charge is 2.10. The van der Waals surface area contributed by atoms with Crippen LogP contribution in [0.25, 0.3) is 16.6 Å². The number of para-hydroxylation sites is 1. The molecule has 0 fully saturated rings. The van der Waals surface area contributed by atoms with Crippen molar-refractivity contribution in [3.63, 3.8) is 0 Å². The van der Waals surface area contributed by atoms with Crippen LogP contribution in [0.15, 0.2) is 77.6 Å². The van der Waals surface area contributed by atoms with Crippen LogP contribution in [0.1, 0.15) is 5.82 Å². The Morgan fingerprint density at radius 1 is 0.968 bits per heavy atom. The number of aromatic nitrogens is 2. The van der Waals surface area contributed by atoms with Crippen molar-refractivity contribution in [2.45, 2.75) is 6.92 Å². The quantitative estimate of drug-likeness (QED) is 0.519. The van der Waals surface area contributed by atoms with Crippen LogP contribution < -0.4 is 20.3 Å². The number of anilines is 1. The molecular weight excluding hydrogens is 394 g/mol. The Bertz CT molecular complexity index is 1280. The van der Waals surface area contributed by atoms with Gasteiger partial charge in [0.25, 0.3) is 11.5 Å². The van der Waals surface area contributed by atoms with Crippen molar-refractivity contribution in [3.8, 4) is 17.2 Å². The van der Waals surface area contributed by atoms with Gasteiger partial charge in [-0.3, -0.25) is 14.2 Å². The van der Waals surface area contributed by atoms with Crippen LogP contribution in [0.5, 0.6) is 11.5 Å². The highest BCUT2D eigenvalue weighted by Crippen LogP contribution is 2.18. The van der Waals surface area contributed by atoms with Gasteiger partial charge in [-0.2, -0.15) is 0 Å². The fourth-order valence-corrected chi connectivity index (χ4v) is 3.26. The summed E-state index contributed by atoms with van der Waals surface area (Å²) in [7, 11) is 1.59. The number of hydrogen-bond acceptors (Lipinski definition) is 5. The summed E-state index contributed by atoms with van der Waals surface area (Å²) in [4.78, 5) is 29.6. The Balaban J connectivity index is 1.45. The number of carbonyl (C=O) groups is 1. The molecule has 0 radical (unpaired) electrons. The summed E-state index contributed by atoms with van der Waals surface area (Å²) in [5.74, 6) is 1.59. The zero-order chi connectivity index (χ0) is 21.8. The van der Waals surface area contributed by atoms with E-state index in [0.717, 1.165) is 0 Å². The molecule has 156 valence electrons. The molecule has 0 saturated carbocycles. The molecule has 7 nitrogen and oxygen atoms in total. The number of rotatable bonds is 6. The van der Waals surface area contributed by atoms with E-state index < -0.39 is 0 Å². The molecule has 4 aromatic rings. The fraction of sp³-hybridized carbons (Fsp3) is 0.125. The monoisotopic (exact) mass is 415 g/mol. The van der Waals surface area contributed by atoms with Gasteiger partial charge in [-0.15, -0.1) is 0 Å². The fourth-order valence-electron chi connectivity index (χ4n) is 3.26. The molecule has 4 rings (SSSR count). The second-order valence-electron chi connectivity index (χ2n) is 6.88. The zero-order valence-corrected chi connectivity index (χ0v) is 17.2. The number of benzene rings is 3. The van der Waals surface area contributed by atoms with Gasteiger partial charge in [-0.25, -0.2) is 4.98 Å². The van der Waals surface area contributed by atoms with Gasteiger partial charge in [0, 0.05) is 5.69 Å². The lowest BCUT2D eigenvalue weighted by Gasteiger charge is -2.12. The minimum absolute atomic E-state index is 0.124. The van der Waals surface area contributed by atoms with E-state index in [2.05, 4.69) is 10.3 Å². The van der Waals surface area contributed by atoms with Gasteiger partial charge in [0.2, 0.25) is 0 Å². The molecular formula is C24H21N3O4. The normalized spacial score (nSPS) is 10.6. The van der Waals surface area contributed by atoms with Crippen molar-refractivity contribution in [2.24, 2.45) is 0 Å². The van der Waals surface area contributed by atoms with E-state index in [4.69, 9.17) is 9.47 Å². The Kier molecular flexibility index (Phi) is 5.66. The number of nitrogens with one attached hydrogen (secondary N) is 1. The lowest BCUT2D eigenvalue weighted by Crippen LogP contribution is -2.22. The average Bonchev–Trinajstić information content (AvgIpc) is 2.79. The first-order valence-corrected chi connectivity index (χ1v) is 9.71. The number of methoxy groups -OCH3 is 1. The SMILES string of the molecule is COc1ccc(OCC(=O)Nc2ccc(-n3c(C)nc4ccccc4c3=O)cc2)cc1. The minimum atomic E-state index is -0.288. The van der Waals surface area contributed by atoms with E-state index in [0.29, 0.717) is 39.6 Å². The molecule has 0 saturated heterocycles. The maximum Gasteiger partial charge on any atom is 0.265 e. The summed E-state index contributed by atoms with van der Waals surface area (Å²) >= 11 is 0. The molecule has 0 atom stereocenters. The Morgan fingerprint density at radius 3 is 2.35 bits per heavy atom. The molecule has 1 amide bonds. The lowest BCUT2D eigenvalue weighted by molar-refractivity contribution is -0.118. The highest BCUT2D eigenvalue weighted by atomic mass is 16.5. The predicted octanol–water partition coefficient (Wildman–Crippen LogP) is 3.72. The summed E-state index contributed by atoms with van der Waals surface area (Å²) < 4.78 is 12.1. The molecule has 0 aliphatic heterocycles. The predicted molar refractivity (Wildman–Crippen MR) is 119 cm³/mol. The molecule has 1 aromatic heterocycles. The van der Waals surface area contributed by atoms with Crippen LogP contribution in [0, 0.1) is 6.92 Å². The molecule has 1 heterocycles. The van der Waals surface area contributed by atoms with Gasteiger partial charge in [0.15, 0.2) is 6.61 Å². The lowest BCUT2D eigenvalue weighted by atomic mass is 10.2. The molecule has 0 bridgehead atoms. The molecule has 0 aliphatic rings. The van der Waals surface area contributed by atoms with Crippen molar-refractivity contribution in [1.82, 2.24) is 9.55 Å². The van der Waals surface area contributed by atoms with E-state index in [1.807, 2.05) is 18.2 Å². The summed E-state index contributed by atoms with van der Waals surface area (Å²) in [6, 6.07) is 21.3. The number of nitrogens with zero attached hydrogens (tertiary/aromatic N) is 2. The largest absolute Gasteiger partial charge is 0.497 e. The van der Waals surface area contributed by atoms with E-state index in [1.54, 1.807) is 73.2 Å². The summed E-state index contributed by atoms with van der Waals surface area (Å²) in [6.07, 6.45) is 0. The van der Waals surface area contributed by atoms with E-state index in [1.165, 1.54) is 0 Å². The molecule has 3 aromatic carbocycles. The van der Waals surface area contributed by atoms with Crippen LogP contribution >= 0.6 is 0 Å². The third kappa shape index (κ3) is 4.40. The maximum atomic E-state index is 12.9. The summed E-state index contributed by atoms with van der Waals surface area (Å²) in [5, 5.41) is 3.34. The van der Waals surface area contributed by atoms with Gasteiger partial charge in [-0.1, -0.05) is 12.1 Å². The Labute approximate surface area is 178 Å². The standard InChI is InChI=1S/C24H21N3O4/c1-16-25-22-6-4-3-5-21(22)24(29)27(16)18-9-7-17(8-10-18)26-23(28)15-31-20-13-11-19(30-2)12-14-20/h3-14H,15H2,1-2H3,(H,26,28). The van der Waals surface area contributed by atoms with Crippen LogP contribution in [-0.4, -0.2) is 29.2 Å². The third-order valence-corrected chi connectivity index (χ3v) is 4.78. The van der Waals surface area contributed by atoms with Crippen LogP contribution in [0.3, 0.4) is 0 Å². The first kappa shape index (κ1) is 20.2. The molecule has 7 heteroatoms. The average molecular weight is 415 g/mol. The number of carbonyl (C=O) groups excluding carboxylic acids is 1. The smallest absolute Gasteiger partial charge is 0.265 e. The molecule has 0 spiro atoms. The highest BCUT2D eigenvalue weighted by molar-refractivity contribution is 5.92. The van der Waals surface area contributed by atoms with Gasteiger partial charge in [-0.05, 0) is 67.6 Å². The van der Waals surface area contributed by atoms with E-state index >= 15 is 0 Å². The maximum absolute atomic E-state index is 12.9. The minimum Gasteiger partial charge on any atom is -0.497 e. The third-order valence-electron chi connectivity index (χ3n) is 4.78. The number of ether oxygens (including phenoxy) is 2. The van der Waals surface area contributed by atoms with Gasteiger partial charge >= 0.3 is 0 Å². The van der Waals surface area contributed by atoms with E-state index in [-0.39, 0.29) is 18.1 Å². The van der Waals surface area contributed by atoms with Gasteiger partial charge in [0.05, 0.1) is 23.7 Å². The van der Waals surface area contributed by atoms with Gasteiger partial charge < -0.3 is 14.8 Å². The van der Waals surface area contributed by atoms with Crippen LogP contribution in [0.4, 0.5) is 5.69 Å². The van der Waals surface area contributed by atoms with Crippen LogP contribution in [0.2, 0.25) is 0 Å². The molecule has 31 heavy (non-hydrogen) atoms. The van der Waals surface area contributed by atoms with Crippen molar-refractivity contribution >= 4 is 22.5 Å². The van der Waals surface area contributed by atoms with Gasteiger partial charge in [0.1, 0.15) is 17.3 Å². The second-order valence-corrected chi connectivity index (χ2v) is 6.88. The molecule has 1 N–H and O–H groups in total. The van der Waals surface area contributed by atoms with Crippen molar-refractivity contribution in [1.29, 1.82) is 0 Å². The van der Waals surface area contributed by atoms with Crippen molar-refractivity contribution in [3.05, 3.63) is 89.0 Å². The van der Waals surface area contributed by atoms with Crippen molar-refractivity contribution in [2.75, 3.05) is 19.0 Å². The van der Waals surface area contributed by atoms with E-state index in [9.17, 15) is 9.59 Å². The first-order chi connectivity index (χ1) is 15.0. The number of hydrogen-bond donors (Lipinski definition) is 1. The Hall–Kier alpha value is -4.13. The zero-order valence-electron chi connectivity index (χ0n) is 17.2. The second kappa shape index (κ2) is 8.71. The summed E-state index contributed by atoms with van der Waals surface area (Å²) in [5.41, 5.74) is 1.81. The topological polar surface area (TPSA) is 82.4 Å². The summed E-state index contributed by atoms with van der Waals surface area (Å²) in [6.45, 7) is 1.67. The first-order valence-electron chi connectivity index (χ1n) is 9.71. The number of amides is 1. The number of aryl methyl sites for hydroxylation is 1. The number of fused-ring (bicyclic) bond motifs is 1.